The first-order valence-electron chi connectivity index (χ1n) is 8.74. The summed E-state index contributed by atoms with van der Waals surface area (Å²) in [6, 6.07) is 8.38. The van der Waals surface area contributed by atoms with Crippen molar-refractivity contribution in [2.45, 2.75) is 12.5 Å². The van der Waals surface area contributed by atoms with Crippen molar-refractivity contribution in [3.8, 4) is 29.9 Å². The molecule has 1 aliphatic heterocycles. The minimum atomic E-state index is -0.957. The zero-order valence-corrected chi connectivity index (χ0v) is 15.8. The molecule has 2 aromatic heterocycles. The van der Waals surface area contributed by atoms with Gasteiger partial charge in [0.15, 0.2) is 5.52 Å². The van der Waals surface area contributed by atoms with E-state index in [-0.39, 0.29) is 12.0 Å². The number of fused-ring (bicyclic) bond motifs is 1. The third kappa shape index (κ3) is 4.00. The van der Waals surface area contributed by atoms with Crippen LogP contribution in [0.2, 0.25) is 5.02 Å². The molecule has 0 saturated carbocycles. The molecule has 0 bridgehead atoms. The van der Waals surface area contributed by atoms with Crippen molar-refractivity contribution in [3.05, 3.63) is 47.2 Å². The SMILES string of the molecule is C#Cc1cc(Oc2ncnc3ccc(O[C@H]4CCN(C(=O)O)C4)nc23)ccc1Cl. The van der Waals surface area contributed by atoms with Gasteiger partial charge in [-0.3, -0.25) is 0 Å². The molecule has 1 amide bonds. The first-order valence-corrected chi connectivity index (χ1v) is 9.11. The van der Waals surface area contributed by atoms with Gasteiger partial charge in [-0.25, -0.2) is 14.8 Å². The fourth-order valence-corrected chi connectivity index (χ4v) is 3.17. The predicted molar refractivity (Wildman–Crippen MR) is 105 cm³/mol. The van der Waals surface area contributed by atoms with Gasteiger partial charge in [0.25, 0.3) is 0 Å². The second kappa shape index (κ2) is 7.81. The quantitative estimate of drug-likeness (QED) is 0.656. The van der Waals surface area contributed by atoms with Crippen LogP contribution in [0.3, 0.4) is 0 Å². The van der Waals surface area contributed by atoms with Crippen LogP contribution in [-0.2, 0) is 0 Å². The molecule has 1 saturated heterocycles. The van der Waals surface area contributed by atoms with Crippen molar-refractivity contribution in [2.24, 2.45) is 0 Å². The number of carboxylic acid groups (broad SMARTS) is 1. The fraction of sp³-hybridized carbons (Fsp3) is 0.200. The maximum Gasteiger partial charge on any atom is 0.407 e. The number of aromatic nitrogens is 3. The first kappa shape index (κ1) is 18.8. The highest BCUT2D eigenvalue weighted by Gasteiger charge is 2.27. The van der Waals surface area contributed by atoms with Gasteiger partial charge in [0.1, 0.15) is 18.2 Å². The number of likely N-dealkylation sites (tertiary alicyclic amines) is 1. The minimum Gasteiger partial charge on any atom is -0.472 e. The molecular formula is C20H15ClN4O4. The van der Waals surface area contributed by atoms with Crippen LogP contribution in [0.5, 0.6) is 17.5 Å². The van der Waals surface area contributed by atoms with Crippen LogP contribution in [0.1, 0.15) is 12.0 Å². The van der Waals surface area contributed by atoms with E-state index < -0.39 is 6.09 Å². The number of hydrogen-bond acceptors (Lipinski definition) is 6. The van der Waals surface area contributed by atoms with Crippen LogP contribution in [-0.4, -0.2) is 50.2 Å². The Morgan fingerprint density at radius 3 is 2.93 bits per heavy atom. The van der Waals surface area contributed by atoms with Gasteiger partial charge in [-0.1, -0.05) is 17.5 Å². The zero-order valence-electron chi connectivity index (χ0n) is 15.1. The summed E-state index contributed by atoms with van der Waals surface area (Å²) in [6.07, 6.45) is 6.20. The summed E-state index contributed by atoms with van der Waals surface area (Å²) in [4.78, 5) is 25.2. The standard InChI is InChI=1S/C20H15ClN4O4/c1-2-12-9-13(3-4-15(12)21)29-19-18-16(22-11-23-19)5-6-17(24-18)28-14-7-8-25(10-14)20(26)27/h1,3-6,9,11,14H,7-8,10H2,(H,26,27)/t14-/m0/s1. The number of nitrogens with zero attached hydrogens (tertiary/aromatic N) is 4. The van der Waals surface area contributed by atoms with E-state index in [1.165, 1.54) is 11.2 Å². The van der Waals surface area contributed by atoms with E-state index in [2.05, 4.69) is 20.9 Å². The molecule has 3 heterocycles. The molecule has 29 heavy (non-hydrogen) atoms. The van der Waals surface area contributed by atoms with Gasteiger partial charge < -0.3 is 19.5 Å². The maximum absolute atomic E-state index is 11.1. The number of ether oxygens (including phenoxy) is 2. The molecule has 0 spiro atoms. The number of terminal acetylenes is 1. The average Bonchev–Trinajstić information content (AvgIpc) is 3.19. The second-order valence-corrected chi connectivity index (χ2v) is 6.75. The molecule has 0 unspecified atom stereocenters. The van der Waals surface area contributed by atoms with Gasteiger partial charge in [0.05, 0.1) is 17.1 Å². The molecule has 0 aliphatic carbocycles. The summed E-state index contributed by atoms with van der Waals surface area (Å²) in [5, 5.41) is 9.52. The van der Waals surface area contributed by atoms with E-state index in [0.717, 1.165) is 0 Å². The molecule has 1 aliphatic rings. The maximum atomic E-state index is 11.1. The molecule has 1 aromatic carbocycles. The van der Waals surface area contributed by atoms with Crippen molar-refractivity contribution in [1.29, 1.82) is 0 Å². The lowest BCUT2D eigenvalue weighted by molar-refractivity contribution is 0.144. The van der Waals surface area contributed by atoms with Crippen molar-refractivity contribution in [2.75, 3.05) is 13.1 Å². The van der Waals surface area contributed by atoms with Gasteiger partial charge in [0, 0.05) is 24.6 Å². The molecule has 1 N–H and O–H groups in total. The van der Waals surface area contributed by atoms with E-state index >= 15 is 0 Å². The van der Waals surface area contributed by atoms with Gasteiger partial charge >= 0.3 is 6.09 Å². The highest BCUT2D eigenvalue weighted by Crippen LogP contribution is 2.29. The van der Waals surface area contributed by atoms with Crippen LogP contribution in [0.25, 0.3) is 11.0 Å². The summed E-state index contributed by atoms with van der Waals surface area (Å²) in [7, 11) is 0. The summed E-state index contributed by atoms with van der Waals surface area (Å²) in [6.45, 7) is 0.725. The Balaban J connectivity index is 1.60. The molecule has 1 atom stereocenters. The highest BCUT2D eigenvalue weighted by atomic mass is 35.5. The molecule has 8 nitrogen and oxygen atoms in total. The third-order valence-electron chi connectivity index (χ3n) is 4.43. The molecule has 1 fully saturated rings. The van der Waals surface area contributed by atoms with E-state index in [4.69, 9.17) is 32.6 Å². The lowest BCUT2D eigenvalue weighted by Crippen LogP contribution is -2.29. The Hall–Kier alpha value is -3.57. The van der Waals surface area contributed by atoms with E-state index in [9.17, 15) is 4.79 Å². The molecule has 0 radical (unpaired) electrons. The van der Waals surface area contributed by atoms with Gasteiger partial charge in [-0.15, -0.1) is 6.42 Å². The van der Waals surface area contributed by atoms with Crippen LogP contribution in [0.4, 0.5) is 4.79 Å². The van der Waals surface area contributed by atoms with E-state index in [1.807, 2.05) is 0 Å². The topological polar surface area (TPSA) is 97.7 Å². The van der Waals surface area contributed by atoms with Crippen molar-refractivity contribution >= 4 is 28.7 Å². The number of carbonyl (C=O) groups is 1. The highest BCUT2D eigenvalue weighted by molar-refractivity contribution is 6.31. The predicted octanol–water partition coefficient (Wildman–Crippen LogP) is 3.58. The number of hydrogen-bond donors (Lipinski definition) is 1. The smallest absolute Gasteiger partial charge is 0.407 e. The number of amides is 1. The average molecular weight is 411 g/mol. The van der Waals surface area contributed by atoms with Gasteiger partial charge in [-0.05, 0) is 24.3 Å². The zero-order chi connectivity index (χ0) is 20.4. The number of benzene rings is 1. The number of rotatable bonds is 4. The molecule has 4 rings (SSSR count). The molecule has 146 valence electrons. The lowest BCUT2D eigenvalue weighted by Gasteiger charge is -2.14. The molecule has 3 aromatic rings. The normalized spacial score (nSPS) is 15.9. The van der Waals surface area contributed by atoms with Crippen molar-refractivity contribution in [1.82, 2.24) is 19.9 Å². The summed E-state index contributed by atoms with van der Waals surface area (Å²) in [5.74, 6) is 3.54. The monoisotopic (exact) mass is 410 g/mol. The van der Waals surface area contributed by atoms with Crippen molar-refractivity contribution < 1.29 is 19.4 Å². The van der Waals surface area contributed by atoms with Gasteiger partial charge in [0.2, 0.25) is 11.8 Å². The number of halogens is 1. The lowest BCUT2D eigenvalue weighted by atomic mass is 10.2. The second-order valence-electron chi connectivity index (χ2n) is 6.34. The Morgan fingerprint density at radius 2 is 2.17 bits per heavy atom. The van der Waals surface area contributed by atoms with Crippen LogP contribution in [0, 0.1) is 12.3 Å². The van der Waals surface area contributed by atoms with Gasteiger partial charge in [-0.2, -0.15) is 4.98 Å². The largest absolute Gasteiger partial charge is 0.472 e. The van der Waals surface area contributed by atoms with Crippen LogP contribution < -0.4 is 9.47 Å². The Morgan fingerprint density at radius 1 is 1.31 bits per heavy atom. The van der Waals surface area contributed by atoms with E-state index in [1.54, 1.807) is 30.3 Å². The third-order valence-corrected chi connectivity index (χ3v) is 4.76. The fourth-order valence-electron chi connectivity index (χ4n) is 3.00. The molecular weight excluding hydrogens is 396 g/mol. The summed E-state index contributed by atoms with van der Waals surface area (Å²) in [5.41, 5.74) is 1.49. The summed E-state index contributed by atoms with van der Waals surface area (Å²) < 4.78 is 11.7. The number of pyridine rings is 1. The first-order chi connectivity index (χ1) is 14.0. The van der Waals surface area contributed by atoms with Crippen molar-refractivity contribution in [3.63, 3.8) is 0 Å². The van der Waals surface area contributed by atoms with Crippen LogP contribution in [0.15, 0.2) is 36.7 Å². The Kier molecular flexibility index (Phi) is 5.06. The van der Waals surface area contributed by atoms with E-state index in [0.29, 0.717) is 52.8 Å². The summed E-state index contributed by atoms with van der Waals surface area (Å²) >= 11 is 6.03. The Bertz CT molecular complexity index is 1130. The minimum absolute atomic E-state index is 0.240. The Labute approximate surface area is 171 Å². The van der Waals surface area contributed by atoms with Crippen LogP contribution >= 0.6 is 11.6 Å². The molecule has 9 heteroatoms.